The van der Waals surface area contributed by atoms with Crippen molar-refractivity contribution in [1.29, 1.82) is 0 Å². The molecule has 2 rings (SSSR count). The van der Waals surface area contributed by atoms with E-state index in [2.05, 4.69) is 20.9 Å². The van der Waals surface area contributed by atoms with Crippen LogP contribution in [0.5, 0.6) is 0 Å². The lowest BCUT2D eigenvalue weighted by atomic mass is 9.93. The Labute approximate surface area is 109 Å². The number of halogens is 1. The summed E-state index contributed by atoms with van der Waals surface area (Å²) in [5.74, 6) is 0.132. The molecule has 1 heterocycles. The van der Waals surface area contributed by atoms with Crippen LogP contribution in [0.3, 0.4) is 0 Å². The monoisotopic (exact) mass is 291 g/mol. The van der Waals surface area contributed by atoms with Crippen molar-refractivity contribution in [2.45, 2.75) is 12.3 Å². The van der Waals surface area contributed by atoms with Crippen molar-refractivity contribution >= 4 is 15.9 Å². The van der Waals surface area contributed by atoms with Gasteiger partial charge in [0, 0.05) is 22.8 Å². The molecule has 0 radical (unpaired) electrons. The van der Waals surface area contributed by atoms with E-state index in [4.69, 9.17) is 0 Å². The third-order valence-corrected chi connectivity index (χ3v) is 3.30. The molecule has 0 aliphatic heterocycles. The van der Waals surface area contributed by atoms with Gasteiger partial charge in [-0.2, -0.15) is 0 Å². The SMILES string of the molecule is OCC(Cc1cccnc1)c1ccc(Br)cc1. The maximum Gasteiger partial charge on any atom is 0.0502 e. The molecule has 0 spiro atoms. The molecule has 3 heteroatoms. The quantitative estimate of drug-likeness (QED) is 0.939. The molecule has 1 aromatic carbocycles. The van der Waals surface area contributed by atoms with E-state index >= 15 is 0 Å². The molecule has 2 aromatic rings. The highest BCUT2D eigenvalue weighted by molar-refractivity contribution is 9.10. The van der Waals surface area contributed by atoms with E-state index in [-0.39, 0.29) is 12.5 Å². The highest BCUT2D eigenvalue weighted by Gasteiger charge is 2.11. The fraction of sp³-hybridized carbons (Fsp3) is 0.214. The molecule has 0 fully saturated rings. The van der Waals surface area contributed by atoms with Crippen molar-refractivity contribution in [2.24, 2.45) is 0 Å². The van der Waals surface area contributed by atoms with E-state index in [0.29, 0.717) is 0 Å². The molecule has 1 N–H and O–H groups in total. The average Bonchev–Trinajstić information content (AvgIpc) is 2.38. The minimum atomic E-state index is 0.132. The molecule has 17 heavy (non-hydrogen) atoms. The van der Waals surface area contributed by atoms with Crippen LogP contribution in [0, 0.1) is 0 Å². The standard InChI is InChI=1S/C14H14BrNO/c15-14-5-3-12(4-6-14)13(10-17)8-11-2-1-7-16-9-11/h1-7,9,13,17H,8,10H2. The van der Waals surface area contributed by atoms with Gasteiger partial charge in [-0.1, -0.05) is 34.1 Å². The van der Waals surface area contributed by atoms with Crippen LogP contribution in [0.4, 0.5) is 0 Å². The summed E-state index contributed by atoms with van der Waals surface area (Å²) in [5, 5.41) is 9.48. The third kappa shape index (κ3) is 3.38. The third-order valence-electron chi connectivity index (χ3n) is 2.77. The molecule has 1 aromatic heterocycles. The van der Waals surface area contributed by atoms with Crippen molar-refractivity contribution in [3.63, 3.8) is 0 Å². The zero-order valence-electron chi connectivity index (χ0n) is 9.38. The lowest BCUT2D eigenvalue weighted by molar-refractivity contribution is 0.264. The van der Waals surface area contributed by atoms with Gasteiger partial charge < -0.3 is 5.11 Å². The maximum atomic E-state index is 9.48. The van der Waals surface area contributed by atoms with E-state index in [1.54, 1.807) is 6.20 Å². The molecule has 1 unspecified atom stereocenters. The number of nitrogens with zero attached hydrogens (tertiary/aromatic N) is 1. The topological polar surface area (TPSA) is 33.1 Å². The van der Waals surface area contributed by atoms with Crippen LogP contribution >= 0.6 is 15.9 Å². The first kappa shape index (κ1) is 12.3. The van der Waals surface area contributed by atoms with Crippen LogP contribution in [0.1, 0.15) is 17.0 Å². The Hall–Kier alpha value is -1.19. The van der Waals surface area contributed by atoms with Gasteiger partial charge in [0.05, 0.1) is 6.61 Å². The van der Waals surface area contributed by atoms with Crippen molar-refractivity contribution in [3.05, 3.63) is 64.4 Å². The van der Waals surface area contributed by atoms with E-state index in [0.717, 1.165) is 22.0 Å². The molecule has 0 saturated carbocycles. The van der Waals surface area contributed by atoms with Crippen molar-refractivity contribution < 1.29 is 5.11 Å². The van der Waals surface area contributed by atoms with Crippen LogP contribution in [0.15, 0.2) is 53.3 Å². The zero-order chi connectivity index (χ0) is 12.1. The van der Waals surface area contributed by atoms with E-state index in [1.807, 2.05) is 42.6 Å². The number of pyridine rings is 1. The molecule has 1 atom stereocenters. The summed E-state index contributed by atoms with van der Waals surface area (Å²) in [4.78, 5) is 4.09. The highest BCUT2D eigenvalue weighted by atomic mass is 79.9. The van der Waals surface area contributed by atoms with Gasteiger partial charge in [0.2, 0.25) is 0 Å². The molecule has 0 amide bonds. The summed E-state index contributed by atoms with van der Waals surface area (Å²) in [7, 11) is 0. The molecule has 2 nitrogen and oxygen atoms in total. The first-order valence-corrected chi connectivity index (χ1v) is 6.34. The van der Waals surface area contributed by atoms with Crippen LogP contribution in [0.25, 0.3) is 0 Å². The predicted octanol–water partition coefficient (Wildman–Crippen LogP) is 3.16. The van der Waals surface area contributed by atoms with Crippen LogP contribution < -0.4 is 0 Å². The number of hydrogen-bond acceptors (Lipinski definition) is 2. The average molecular weight is 292 g/mol. The first-order chi connectivity index (χ1) is 8.29. The maximum absolute atomic E-state index is 9.48. The molecule has 0 aliphatic rings. The largest absolute Gasteiger partial charge is 0.396 e. The van der Waals surface area contributed by atoms with Crippen molar-refractivity contribution in [2.75, 3.05) is 6.61 Å². The Morgan fingerprint density at radius 2 is 1.94 bits per heavy atom. The van der Waals surface area contributed by atoms with Gasteiger partial charge in [-0.05, 0) is 35.7 Å². The van der Waals surface area contributed by atoms with Gasteiger partial charge in [-0.3, -0.25) is 4.98 Å². The molecular weight excluding hydrogens is 278 g/mol. The lowest BCUT2D eigenvalue weighted by Gasteiger charge is -2.14. The first-order valence-electron chi connectivity index (χ1n) is 5.55. The van der Waals surface area contributed by atoms with Crippen molar-refractivity contribution in [1.82, 2.24) is 4.98 Å². The summed E-state index contributed by atoms with van der Waals surface area (Å²) in [6.07, 6.45) is 4.42. The number of hydrogen-bond donors (Lipinski definition) is 1. The summed E-state index contributed by atoms with van der Waals surface area (Å²) in [5.41, 5.74) is 2.30. The molecule has 0 saturated heterocycles. The van der Waals surface area contributed by atoms with E-state index in [1.165, 1.54) is 0 Å². The fourth-order valence-electron chi connectivity index (χ4n) is 1.83. The predicted molar refractivity (Wildman–Crippen MR) is 71.9 cm³/mol. The van der Waals surface area contributed by atoms with Crippen LogP contribution in [-0.4, -0.2) is 16.7 Å². The second-order valence-electron chi connectivity index (χ2n) is 4.00. The lowest BCUT2D eigenvalue weighted by Crippen LogP contribution is -2.07. The summed E-state index contributed by atoms with van der Waals surface area (Å²) in [6, 6.07) is 12.0. The summed E-state index contributed by atoms with van der Waals surface area (Å²) in [6.45, 7) is 0.149. The second kappa shape index (κ2) is 5.94. The van der Waals surface area contributed by atoms with Crippen LogP contribution in [0.2, 0.25) is 0 Å². The summed E-state index contributed by atoms with van der Waals surface area (Å²) < 4.78 is 1.05. The van der Waals surface area contributed by atoms with Gasteiger partial charge in [0.15, 0.2) is 0 Å². The minimum Gasteiger partial charge on any atom is -0.396 e. The van der Waals surface area contributed by atoms with Gasteiger partial charge in [-0.15, -0.1) is 0 Å². The van der Waals surface area contributed by atoms with Gasteiger partial charge in [0.25, 0.3) is 0 Å². The van der Waals surface area contributed by atoms with Crippen LogP contribution in [-0.2, 0) is 6.42 Å². The molecule has 0 bridgehead atoms. The Morgan fingerprint density at radius 1 is 1.18 bits per heavy atom. The number of aromatic nitrogens is 1. The molecule has 88 valence electrons. The Bertz CT molecular complexity index is 455. The second-order valence-corrected chi connectivity index (χ2v) is 4.91. The number of benzene rings is 1. The van der Waals surface area contributed by atoms with Gasteiger partial charge >= 0.3 is 0 Å². The summed E-state index contributed by atoms with van der Waals surface area (Å²) >= 11 is 3.41. The Balaban J connectivity index is 2.14. The number of aliphatic hydroxyl groups excluding tert-OH is 1. The Kier molecular flexibility index (Phi) is 4.29. The normalized spacial score (nSPS) is 12.4. The fourth-order valence-corrected chi connectivity index (χ4v) is 2.09. The molecule has 0 aliphatic carbocycles. The van der Waals surface area contributed by atoms with E-state index in [9.17, 15) is 5.11 Å². The smallest absolute Gasteiger partial charge is 0.0502 e. The number of aliphatic hydroxyl groups is 1. The Morgan fingerprint density at radius 3 is 2.53 bits per heavy atom. The molecular formula is C14H14BrNO. The highest BCUT2D eigenvalue weighted by Crippen LogP contribution is 2.22. The van der Waals surface area contributed by atoms with Crippen molar-refractivity contribution in [3.8, 4) is 0 Å². The van der Waals surface area contributed by atoms with Gasteiger partial charge in [-0.25, -0.2) is 0 Å². The zero-order valence-corrected chi connectivity index (χ0v) is 11.0. The minimum absolute atomic E-state index is 0.132. The number of rotatable bonds is 4. The van der Waals surface area contributed by atoms with E-state index < -0.39 is 0 Å². The van der Waals surface area contributed by atoms with Gasteiger partial charge in [0.1, 0.15) is 0 Å².